The van der Waals surface area contributed by atoms with Crippen LogP contribution >= 0.6 is 0 Å². The predicted molar refractivity (Wildman–Crippen MR) is 51.3 cm³/mol. The van der Waals surface area contributed by atoms with E-state index >= 15 is 0 Å². The number of hydrogen-bond acceptors (Lipinski definition) is 2. The molecule has 0 aliphatic carbocycles. The summed E-state index contributed by atoms with van der Waals surface area (Å²) in [6.45, 7) is -0.906. The van der Waals surface area contributed by atoms with E-state index in [1.165, 1.54) is 0 Å². The average Bonchev–Trinajstić information content (AvgIpc) is 2.05. The number of carboxylic acid groups (broad SMARTS) is 1. The van der Waals surface area contributed by atoms with E-state index in [-0.39, 0.29) is 11.0 Å². The van der Waals surface area contributed by atoms with Gasteiger partial charge in [-0.15, -0.1) is 0 Å². The average molecular weight is 185 g/mol. The molecule has 0 unspecified atom stereocenters. The third-order valence-corrected chi connectivity index (χ3v) is 1.42. The van der Waals surface area contributed by atoms with Crippen LogP contribution < -0.4 is 11.1 Å². The Balaban J connectivity index is 0. The molecule has 1 aromatic rings. The van der Waals surface area contributed by atoms with Crippen LogP contribution in [-0.2, 0) is 0 Å². The van der Waals surface area contributed by atoms with Gasteiger partial charge in [0, 0.05) is 0 Å². The smallest absolute Gasteiger partial charge is 0.386 e. The molecule has 0 aliphatic heterocycles. The molecule has 0 heterocycles. The molecule has 0 aliphatic rings. The van der Waals surface area contributed by atoms with E-state index in [0.717, 1.165) is 0 Å². The summed E-state index contributed by atoms with van der Waals surface area (Å²) < 4.78 is 0. The maximum atomic E-state index is 10.4. The van der Waals surface area contributed by atoms with Crippen molar-refractivity contribution in [3.63, 3.8) is 0 Å². The first-order valence-corrected chi connectivity index (χ1v) is 3.25. The second-order valence-corrected chi connectivity index (χ2v) is 2.23. The maximum Gasteiger partial charge on any atom is 0.386 e. The van der Waals surface area contributed by atoms with Gasteiger partial charge < -0.3 is 21.7 Å². The molecule has 1 aromatic carbocycles. The molecule has 0 fully saturated rings. The molecule has 72 valence electrons. The fourth-order valence-electron chi connectivity index (χ4n) is 0.803. The van der Waals surface area contributed by atoms with Crippen LogP contribution in [-0.4, -0.2) is 28.8 Å². The second kappa shape index (κ2) is 6.18. The van der Waals surface area contributed by atoms with Crippen molar-refractivity contribution in [1.29, 1.82) is 0 Å². The van der Waals surface area contributed by atoms with Gasteiger partial charge in [-0.25, -0.2) is 0 Å². The van der Waals surface area contributed by atoms with E-state index in [1.807, 2.05) is 6.07 Å². The quantitative estimate of drug-likeness (QED) is 0.541. The highest BCUT2D eigenvalue weighted by Crippen LogP contribution is 1.84. The van der Waals surface area contributed by atoms with Gasteiger partial charge in [-0.1, -0.05) is 35.8 Å². The minimum absolute atomic E-state index is 0. The summed E-state index contributed by atoms with van der Waals surface area (Å²) in [4.78, 5) is 10.4. The highest BCUT2D eigenvalue weighted by Gasteiger charge is 2.19. The van der Waals surface area contributed by atoms with Gasteiger partial charge in [0.1, 0.15) is 0 Å². The zero-order chi connectivity index (χ0) is 8.27. The molecule has 7 N–H and O–H groups in total. The van der Waals surface area contributed by atoms with Gasteiger partial charge in [-0.2, -0.15) is 0 Å². The summed E-state index contributed by atoms with van der Waals surface area (Å²) in [5.74, 6) is -1.00. The fraction of sp³-hybridized carbons (Fsp3) is 0. The summed E-state index contributed by atoms with van der Waals surface area (Å²) in [7, 11) is 0. The van der Waals surface area contributed by atoms with Crippen LogP contribution in [0.4, 0.5) is 4.79 Å². The zero-order valence-electron chi connectivity index (χ0n) is 6.90. The second-order valence-electron chi connectivity index (χ2n) is 2.23. The highest BCUT2D eigenvalue weighted by atomic mass is 16.4. The lowest BCUT2D eigenvalue weighted by Crippen LogP contribution is -2.46. The lowest BCUT2D eigenvalue weighted by Gasteiger charge is -1.99. The molecule has 0 saturated carbocycles. The van der Waals surface area contributed by atoms with Gasteiger partial charge in [0.15, 0.2) is 0 Å². The molecule has 0 atom stereocenters. The van der Waals surface area contributed by atoms with E-state index in [4.69, 9.17) is 10.8 Å². The number of nitrogens with two attached hydrogens (primary N) is 1. The monoisotopic (exact) mass is 185 g/mol. The fourth-order valence-corrected chi connectivity index (χ4v) is 0.803. The minimum atomic E-state index is -1.00. The minimum Gasteiger partial charge on any atom is -0.488 e. The van der Waals surface area contributed by atoms with Crippen LogP contribution in [0.3, 0.4) is 0 Å². The van der Waals surface area contributed by atoms with Crippen molar-refractivity contribution in [2.75, 3.05) is 0 Å². The number of rotatable bonds is 2. The van der Waals surface area contributed by atoms with E-state index in [0.29, 0.717) is 5.46 Å². The molecular formula is C7H12BNO4. The van der Waals surface area contributed by atoms with Crippen molar-refractivity contribution in [3.05, 3.63) is 30.3 Å². The molecule has 0 saturated heterocycles. The number of carbonyl (C=O) groups is 1. The molecular weight excluding hydrogens is 173 g/mol. The highest BCUT2D eigenvalue weighted by molar-refractivity contribution is 6.95. The molecule has 0 bridgehead atoms. The summed E-state index contributed by atoms with van der Waals surface area (Å²) in [5, 5.41) is 8.51. The van der Waals surface area contributed by atoms with E-state index in [2.05, 4.69) is 0 Å². The lowest BCUT2D eigenvalue weighted by atomic mass is 9.58. The standard InChI is InChI=1S/C7H8BNO2.2H2O/c9-8(7(10)11)6-4-2-1-3-5-6;;/h1-5H,9H2,(H,10,11);2*1H2. The Kier molecular flexibility index (Phi) is 6.74. The van der Waals surface area contributed by atoms with Crippen LogP contribution in [0.25, 0.3) is 0 Å². The third kappa shape index (κ3) is 3.70. The van der Waals surface area contributed by atoms with Crippen LogP contribution in [0.2, 0.25) is 0 Å². The Labute approximate surface area is 75.9 Å². The Morgan fingerprint density at radius 1 is 1.23 bits per heavy atom. The van der Waals surface area contributed by atoms with Crippen molar-refractivity contribution in [3.8, 4) is 0 Å². The first-order valence-electron chi connectivity index (χ1n) is 3.25. The topological polar surface area (TPSA) is 126 Å². The lowest BCUT2D eigenvalue weighted by molar-refractivity contribution is 0.219. The summed E-state index contributed by atoms with van der Waals surface area (Å²) in [5.41, 5.74) is 5.96. The molecule has 0 aromatic heterocycles. The first kappa shape index (κ1) is 14.2. The van der Waals surface area contributed by atoms with Crippen molar-refractivity contribution in [2.24, 2.45) is 5.64 Å². The van der Waals surface area contributed by atoms with Gasteiger partial charge in [0.05, 0.1) is 0 Å². The van der Waals surface area contributed by atoms with Gasteiger partial charge in [-0.05, 0) is 0 Å². The first-order chi connectivity index (χ1) is 5.22. The van der Waals surface area contributed by atoms with Crippen LogP contribution in [0, 0.1) is 0 Å². The Bertz CT molecular complexity index is 254. The SMILES string of the molecule is NB(C(=O)O)c1ccccc1.O.O. The summed E-state index contributed by atoms with van der Waals surface area (Å²) in [6, 6.07) is 8.73. The number of benzene rings is 1. The van der Waals surface area contributed by atoms with E-state index in [9.17, 15) is 4.79 Å². The van der Waals surface area contributed by atoms with Crippen LogP contribution in [0.15, 0.2) is 30.3 Å². The summed E-state index contributed by atoms with van der Waals surface area (Å²) in [6.07, 6.45) is 0. The van der Waals surface area contributed by atoms with E-state index < -0.39 is 12.7 Å². The largest absolute Gasteiger partial charge is 0.488 e. The molecule has 6 heteroatoms. The van der Waals surface area contributed by atoms with Crippen molar-refractivity contribution < 1.29 is 20.9 Å². The Morgan fingerprint density at radius 2 is 1.69 bits per heavy atom. The zero-order valence-corrected chi connectivity index (χ0v) is 6.90. The van der Waals surface area contributed by atoms with Crippen molar-refractivity contribution in [1.82, 2.24) is 0 Å². The molecule has 0 amide bonds. The molecule has 0 spiro atoms. The predicted octanol–water partition coefficient (Wildman–Crippen LogP) is -1.55. The molecule has 0 radical (unpaired) electrons. The van der Waals surface area contributed by atoms with Crippen molar-refractivity contribution >= 4 is 18.2 Å². The van der Waals surface area contributed by atoms with Crippen LogP contribution in [0.1, 0.15) is 0 Å². The van der Waals surface area contributed by atoms with E-state index in [1.54, 1.807) is 24.3 Å². The van der Waals surface area contributed by atoms with Gasteiger partial charge in [0.25, 0.3) is 5.87 Å². The molecule has 1 rings (SSSR count). The van der Waals surface area contributed by atoms with Gasteiger partial charge in [-0.3, -0.25) is 4.79 Å². The molecule has 13 heavy (non-hydrogen) atoms. The summed E-state index contributed by atoms with van der Waals surface area (Å²) >= 11 is 0. The number of hydrogen-bond donors (Lipinski definition) is 2. The Hall–Kier alpha value is -1.37. The normalized spacial score (nSPS) is 7.77. The molecule has 5 nitrogen and oxygen atoms in total. The Morgan fingerprint density at radius 3 is 2.08 bits per heavy atom. The maximum absolute atomic E-state index is 10.4. The van der Waals surface area contributed by atoms with Gasteiger partial charge in [0.2, 0.25) is 0 Å². The van der Waals surface area contributed by atoms with Gasteiger partial charge >= 0.3 is 6.85 Å². The van der Waals surface area contributed by atoms with Crippen LogP contribution in [0.5, 0.6) is 0 Å². The third-order valence-electron chi connectivity index (χ3n) is 1.42. The van der Waals surface area contributed by atoms with Crippen molar-refractivity contribution in [2.45, 2.75) is 0 Å².